The first-order chi connectivity index (χ1) is 14.9. The number of methoxy groups -OCH3 is 1. The quantitative estimate of drug-likeness (QED) is 0.349. The number of unbranched alkanes of at least 4 members (excludes halogenated alkanes) is 1. The molecule has 0 saturated heterocycles. The third-order valence-electron chi connectivity index (χ3n) is 4.69. The average molecular weight is 507 g/mol. The molecule has 0 spiro atoms. The van der Waals surface area contributed by atoms with Gasteiger partial charge in [-0.05, 0) is 45.2 Å². The molecular formula is C19H27ClN4O6S2. The largest absolute Gasteiger partial charge is 0.468 e. The number of rotatable bonds is 11. The van der Waals surface area contributed by atoms with Gasteiger partial charge in [-0.25, -0.2) is 21.6 Å². The summed E-state index contributed by atoms with van der Waals surface area (Å²) < 4.78 is 60.9. The van der Waals surface area contributed by atoms with Gasteiger partial charge in [-0.2, -0.15) is 9.82 Å². The number of carbonyl (C=O) groups excluding carboxylic acids is 1. The van der Waals surface area contributed by atoms with E-state index in [0.29, 0.717) is 12.8 Å². The third kappa shape index (κ3) is 6.51. The first-order valence-electron chi connectivity index (χ1n) is 9.74. The smallest absolute Gasteiger partial charge is 0.323 e. The van der Waals surface area contributed by atoms with E-state index in [4.69, 9.17) is 16.3 Å². The zero-order valence-corrected chi connectivity index (χ0v) is 20.6. The van der Waals surface area contributed by atoms with E-state index >= 15 is 0 Å². The molecule has 0 bridgehead atoms. The van der Waals surface area contributed by atoms with E-state index < -0.39 is 32.1 Å². The Balaban J connectivity index is 1.95. The Kier molecular flexibility index (Phi) is 8.82. The number of halogens is 1. The highest BCUT2D eigenvalue weighted by molar-refractivity contribution is 7.90. The van der Waals surface area contributed by atoms with Crippen LogP contribution in [0.2, 0.25) is 5.15 Å². The van der Waals surface area contributed by atoms with Gasteiger partial charge in [0.15, 0.2) is 0 Å². The van der Waals surface area contributed by atoms with Gasteiger partial charge in [-0.3, -0.25) is 9.48 Å². The average Bonchev–Trinajstić information content (AvgIpc) is 2.98. The summed E-state index contributed by atoms with van der Waals surface area (Å²) >= 11 is 6.02. The molecule has 0 aliphatic heterocycles. The van der Waals surface area contributed by atoms with Crippen molar-refractivity contribution in [1.29, 1.82) is 0 Å². The minimum absolute atomic E-state index is 0.00580. The predicted octanol–water partition coefficient (Wildman–Crippen LogP) is 1.66. The van der Waals surface area contributed by atoms with Crippen LogP contribution in [0.1, 0.15) is 30.5 Å². The lowest BCUT2D eigenvalue weighted by molar-refractivity contribution is -0.142. The van der Waals surface area contributed by atoms with Crippen LogP contribution >= 0.6 is 11.6 Å². The highest BCUT2D eigenvalue weighted by Gasteiger charge is 2.27. The van der Waals surface area contributed by atoms with Crippen molar-refractivity contribution in [1.82, 2.24) is 19.2 Å². The summed E-state index contributed by atoms with van der Waals surface area (Å²) in [4.78, 5) is 12.0. The summed E-state index contributed by atoms with van der Waals surface area (Å²) in [5.74, 6) is -0.723. The molecule has 1 aromatic carbocycles. The molecule has 10 nitrogen and oxygen atoms in total. The Morgan fingerprint density at radius 2 is 1.75 bits per heavy atom. The van der Waals surface area contributed by atoms with Crippen LogP contribution < -0.4 is 9.44 Å². The van der Waals surface area contributed by atoms with Gasteiger partial charge in [0.25, 0.3) is 0 Å². The molecule has 1 unspecified atom stereocenters. The predicted molar refractivity (Wildman–Crippen MR) is 119 cm³/mol. The van der Waals surface area contributed by atoms with Crippen molar-refractivity contribution in [3.8, 4) is 0 Å². The van der Waals surface area contributed by atoms with Crippen molar-refractivity contribution in [3.63, 3.8) is 0 Å². The lowest BCUT2D eigenvalue weighted by Crippen LogP contribution is -2.41. The minimum Gasteiger partial charge on any atom is -0.468 e. The molecule has 2 rings (SSSR count). The van der Waals surface area contributed by atoms with Crippen molar-refractivity contribution >= 4 is 37.6 Å². The minimum atomic E-state index is -3.93. The van der Waals surface area contributed by atoms with Crippen molar-refractivity contribution in [2.75, 3.05) is 13.7 Å². The molecule has 1 atom stereocenters. The summed E-state index contributed by atoms with van der Waals surface area (Å²) in [7, 11) is -5.08. The number of esters is 1. The van der Waals surface area contributed by atoms with Gasteiger partial charge in [-0.1, -0.05) is 29.3 Å². The first kappa shape index (κ1) is 26.3. The number of benzene rings is 1. The Hall–Kier alpha value is -1.99. The van der Waals surface area contributed by atoms with Crippen LogP contribution in [-0.2, 0) is 36.6 Å². The molecule has 0 saturated carbocycles. The molecule has 0 fully saturated rings. The third-order valence-corrected chi connectivity index (χ3v) is 8.34. The molecule has 0 radical (unpaired) electrons. The standard InChI is InChI=1S/C19H27ClN4O6S2/c1-13-8-10-15(11-9-13)31(26,27)23-16(19(25)30-4)7-5-6-12-21-32(28,29)17-14(2)22-24(3)18(17)20/h8-11,16,21,23H,5-7,12H2,1-4H3. The highest BCUT2D eigenvalue weighted by Crippen LogP contribution is 2.23. The molecule has 2 aromatic rings. The second kappa shape index (κ2) is 10.8. The monoisotopic (exact) mass is 506 g/mol. The van der Waals surface area contributed by atoms with Gasteiger partial charge in [0.2, 0.25) is 20.0 Å². The summed E-state index contributed by atoms with van der Waals surface area (Å²) in [5.41, 5.74) is 1.18. The second-order valence-corrected chi connectivity index (χ2v) is 11.0. The Morgan fingerprint density at radius 3 is 2.28 bits per heavy atom. The molecule has 1 heterocycles. The van der Waals surface area contributed by atoms with Gasteiger partial charge < -0.3 is 4.74 Å². The Morgan fingerprint density at radius 1 is 1.12 bits per heavy atom. The zero-order chi connectivity index (χ0) is 24.1. The number of nitrogens with one attached hydrogen (secondary N) is 2. The fraction of sp³-hybridized carbons (Fsp3) is 0.474. The van der Waals surface area contributed by atoms with Crippen LogP contribution in [0.5, 0.6) is 0 Å². The van der Waals surface area contributed by atoms with Gasteiger partial charge in [0, 0.05) is 13.6 Å². The summed E-state index contributed by atoms with van der Waals surface area (Å²) in [6.07, 6.45) is 0.848. The van der Waals surface area contributed by atoms with Crippen molar-refractivity contribution in [2.45, 2.75) is 48.9 Å². The maximum atomic E-state index is 12.6. The zero-order valence-electron chi connectivity index (χ0n) is 18.3. The van der Waals surface area contributed by atoms with Crippen LogP contribution in [0.3, 0.4) is 0 Å². The maximum Gasteiger partial charge on any atom is 0.323 e. The molecule has 0 amide bonds. The molecule has 0 aliphatic rings. The number of aromatic nitrogens is 2. The lowest BCUT2D eigenvalue weighted by atomic mass is 10.1. The van der Waals surface area contributed by atoms with Crippen LogP contribution in [0.25, 0.3) is 0 Å². The molecule has 178 valence electrons. The van der Waals surface area contributed by atoms with Crippen LogP contribution in [0.4, 0.5) is 0 Å². The fourth-order valence-corrected chi connectivity index (χ4v) is 6.05. The summed E-state index contributed by atoms with van der Waals surface area (Å²) in [6, 6.07) is 5.12. The Labute approximate surface area is 193 Å². The summed E-state index contributed by atoms with van der Waals surface area (Å²) in [5, 5.41) is 3.99. The topological polar surface area (TPSA) is 136 Å². The van der Waals surface area contributed by atoms with Crippen LogP contribution in [0.15, 0.2) is 34.1 Å². The van der Waals surface area contributed by atoms with Crippen LogP contribution in [0, 0.1) is 13.8 Å². The molecule has 13 heteroatoms. The number of nitrogens with zero attached hydrogens (tertiary/aromatic N) is 2. The molecule has 32 heavy (non-hydrogen) atoms. The highest BCUT2D eigenvalue weighted by atomic mass is 35.5. The number of sulfonamides is 2. The van der Waals surface area contributed by atoms with Crippen molar-refractivity contribution in [2.24, 2.45) is 7.05 Å². The molecular weight excluding hydrogens is 480 g/mol. The van der Waals surface area contributed by atoms with Crippen LogP contribution in [-0.4, -0.2) is 52.3 Å². The van der Waals surface area contributed by atoms with Gasteiger partial charge in [-0.15, -0.1) is 0 Å². The van der Waals surface area contributed by atoms with Crippen molar-refractivity contribution < 1.29 is 26.4 Å². The molecule has 0 aliphatic carbocycles. The van der Waals surface area contributed by atoms with Gasteiger partial charge in [0.05, 0.1) is 17.7 Å². The van der Waals surface area contributed by atoms with E-state index in [2.05, 4.69) is 14.5 Å². The SMILES string of the molecule is COC(=O)C(CCCCNS(=O)(=O)c1c(C)nn(C)c1Cl)NS(=O)(=O)c1ccc(C)cc1. The van der Waals surface area contributed by atoms with E-state index in [0.717, 1.165) is 5.56 Å². The van der Waals surface area contributed by atoms with E-state index in [-0.39, 0.29) is 33.6 Å². The number of hydrogen-bond donors (Lipinski definition) is 2. The van der Waals surface area contributed by atoms with E-state index in [1.54, 1.807) is 26.1 Å². The second-order valence-electron chi connectivity index (χ2n) is 7.23. The van der Waals surface area contributed by atoms with Gasteiger partial charge in [0.1, 0.15) is 16.1 Å². The number of hydrogen-bond acceptors (Lipinski definition) is 7. The molecule has 2 N–H and O–H groups in total. The number of carbonyl (C=O) groups is 1. The maximum absolute atomic E-state index is 12.6. The number of aryl methyl sites for hydroxylation is 3. The fourth-order valence-electron chi connectivity index (χ4n) is 3.01. The lowest BCUT2D eigenvalue weighted by Gasteiger charge is -2.17. The Bertz CT molecular complexity index is 1160. The van der Waals surface area contributed by atoms with Crippen molar-refractivity contribution in [3.05, 3.63) is 40.7 Å². The summed E-state index contributed by atoms with van der Waals surface area (Å²) in [6.45, 7) is 3.45. The first-order valence-corrected chi connectivity index (χ1v) is 13.1. The van der Waals surface area contributed by atoms with E-state index in [1.165, 1.54) is 23.9 Å². The van der Waals surface area contributed by atoms with Gasteiger partial charge >= 0.3 is 5.97 Å². The van der Waals surface area contributed by atoms with E-state index in [9.17, 15) is 21.6 Å². The number of ether oxygens (including phenoxy) is 1. The van der Waals surface area contributed by atoms with E-state index in [1.807, 2.05) is 6.92 Å². The normalized spacial score (nSPS) is 13.2. The molecule has 1 aromatic heterocycles.